The number of nitrogens with one attached hydrogen (secondary N) is 1. The fraction of sp³-hybridized carbons (Fsp3) is 0.250. The Morgan fingerprint density at radius 2 is 1.88 bits per heavy atom. The smallest absolute Gasteiger partial charge is 0.348 e. The molecule has 40 heavy (non-hydrogen) atoms. The molecule has 1 fully saturated rings. The van der Waals surface area contributed by atoms with Gasteiger partial charge in [0.1, 0.15) is 23.7 Å². The minimum absolute atomic E-state index is 0.0842. The monoisotopic (exact) mass is 569 g/mol. The van der Waals surface area contributed by atoms with Crippen LogP contribution in [0.15, 0.2) is 60.8 Å². The largest absolute Gasteiger partial charge is 0.419 e. The third kappa shape index (κ3) is 5.65. The van der Waals surface area contributed by atoms with Gasteiger partial charge in [0.25, 0.3) is 5.91 Å². The molecule has 0 spiro atoms. The number of benzene rings is 2. The molecule has 0 bridgehead atoms. The van der Waals surface area contributed by atoms with Gasteiger partial charge in [0, 0.05) is 19.3 Å². The van der Waals surface area contributed by atoms with Crippen molar-refractivity contribution in [2.75, 3.05) is 16.8 Å². The van der Waals surface area contributed by atoms with Crippen LogP contribution in [0, 0.1) is 17.1 Å². The van der Waals surface area contributed by atoms with Gasteiger partial charge in [-0.1, -0.05) is 30.3 Å². The molecule has 12 heteroatoms. The minimum Gasteiger partial charge on any atom is -0.348 e. The maximum Gasteiger partial charge on any atom is 0.419 e. The van der Waals surface area contributed by atoms with Crippen molar-refractivity contribution in [3.05, 3.63) is 89.0 Å². The number of nitrogens with zero attached hydrogens (tertiary/aromatic N) is 4. The van der Waals surface area contributed by atoms with E-state index < -0.39 is 34.7 Å². The molecule has 206 valence electrons. The third-order valence-electron chi connectivity index (χ3n) is 6.79. The summed E-state index contributed by atoms with van der Waals surface area (Å²) in [5, 5.41) is 11.6. The summed E-state index contributed by atoms with van der Waals surface area (Å²) in [4.78, 5) is 31.1. The van der Waals surface area contributed by atoms with Crippen LogP contribution in [0.5, 0.6) is 0 Å². The Morgan fingerprint density at radius 1 is 1.18 bits per heavy atom. The van der Waals surface area contributed by atoms with Crippen LogP contribution in [0.1, 0.15) is 46.4 Å². The highest BCUT2D eigenvalue weighted by molar-refractivity contribution is 7.80. The Labute approximate surface area is 233 Å². The van der Waals surface area contributed by atoms with Crippen molar-refractivity contribution in [3.63, 3.8) is 0 Å². The van der Waals surface area contributed by atoms with Gasteiger partial charge in [-0.2, -0.15) is 18.4 Å². The number of aromatic nitrogens is 1. The SMILES string of the molecule is CN(C(=S)N(c1ccc(C(=O)NCc2ccccc2)c(F)c1)C1(C=O)CCC1)c1cnc(C#N)c(C(F)(F)F)c1. The average Bonchev–Trinajstić information content (AvgIpc) is 2.92. The molecule has 4 rings (SSSR count). The molecule has 3 aromatic rings. The number of rotatable bonds is 7. The fourth-order valence-corrected chi connectivity index (χ4v) is 4.79. The molecular formula is C28H23F4N5O2S. The normalized spacial score (nSPS) is 13.9. The van der Waals surface area contributed by atoms with E-state index in [1.165, 1.54) is 35.0 Å². The zero-order valence-corrected chi connectivity index (χ0v) is 22.0. The van der Waals surface area contributed by atoms with Gasteiger partial charge < -0.3 is 19.9 Å². The lowest BCUT2D eigenvalue weighted by atomic mass is 9.76. The lowest BCUT2D eigenvalue weighted by Crippen LogP contribution is -2.60. The summed E-state index contributed by atoms with van der Waals surface area (Å²) in [5.41, 5.74) is -2.51. The molecular weight excluding hydrogens is 546 g/mol. The number of hydrogen-bond donors (Lipinski definition) is 1. The van der Waals surface area contributed by atoms with E-state index in [4.69, 9.17) is 17.5 Å². The van der Waals surface area contributed by atoms with Crippen molar-refractivity contribution in [2.24, 2.45) is 0 Å². The van der Waals surface area contributed by atoms with E-state index in [0.717, 1.165) is 23.9 Å². The van der Waals surface area contributed by atoms with Crippen LogP contribution in [0.25, 0.3) is 0 Å². The fourth-order valence-electron chi connectivity index (χ4n) is 4.39. The summed E-state index contributed by atoms with van der Waals surface area (Å²) in [6.45, 7) is 0.189. The maximum absolute atomic E-state index is 15.3. The predicted octanol–water partition coefficient (Wildman–Crippen LogP) is 5.39. The van der Waals surface area contributed by atoms with Gasteiger partial charge in [-0.15, -0.1) is 0 Å². The van der Waals surface area contributed by atoms with E-state index >= 15 is 4.39 Å². The quantitative estimate of drug-likeness (QED) is 0.232. The van der Waals surface area contributed by atoms with E-state index in [-0.39, 0.29) is 28.6 Å². The molecule has 0 saturated heterocycles. The molecule has 0 radical (unpaired) electrons. The Morgan fingerprint density at radius 3 is 2.42 bits per heavy atom. The van der Waals surface area contributed by atoms with Crippen molar-refractivity contribution in [3.8, 4) is 6.07 Å². The number of aldehydes is 1. The van der Waals surface area contributed by atoms with Gasteiger partial charge in [0.05, 0.1) is 23.0 Å². The van der Waals surface area contributed by atoms with Crippen LogP contribution in [0.3, 0.4) is 0 Å². The topological polar surface area (TPSA) is 89.3 Å². The summed E-state index contributed by atoms with van der Waals surface area (Å²) in [6, 6.07) is 15.0. The van der Waals surface area contributed by atoms with Crippen LogP contribution in [-0.4, -0.2) is 34.9 Å². The van der Waals surface area contributed by atoms with Crippen LogP contribution in [0.4, 0.5) is 28.9 Å². The van der Waals surface area contributed by atoms with Crippen molar-refractivity contribution < 1.29 is 27.2 Å². The number of nitriles is 1. The number of amides is 1. The Bertz CT molecular complexity index is 1490. The number of anilines is 2. The molecule has 0 atom stereocenters. The highest BCUT2D eigenvalue weighted by Gasteiger charge is 2.46. The van der Waals surface area contributed by atoms with E-state index in [1.807, 2.05) is 30.3 Å². The Kier molecular flexibility index (Phi) is 8.16. The van der Waals surface area contributed by atoms with Crippen molar-refractivity contribution in [2.45, 2.75) is 37.5 Å². The number of carbonyl (C=O) groups is 2. The van der Waals surface area contributed by atoms with E-state index in [2.05, 4.69) is 10.3 Å². The molecule has 1 saturated carbocycles. The van der Waals surface area contributed by atoms with E-state index in [1.54, 1.807) is 0 Å². The molecule has 0 aliphatic heterocycles. The summed E-state index contributed by atoms with van der Waals surface area (Å²) in [6.07, 6.45) is -1.65. The van der Waals surface area contributed by atoms with Crippen LogP contribution in [0.2, 0.25) is 0 Å². The molecule has 1 aliphatic rings. The van der Waals surface area contributed by atoms with Crippen molar-refractivity contribution in [1.29, 1.82) is 5.26 Å². The van der Waals surface area contributed by atoms with Crippen LogP contribution in [-0.2, 0) is 17.5 Å². The number of halogens is 4. The van der Waals surface area contributed by atoms with Gasteiger partial charge in [-0.05, 0) is 61.3 Å². The first-order chi connectivity index (χ1) is 19.0. The maximum atomic E-state index is 15.3. The molecule has 1 amide bonds. The average molecular weight is 570 g/mol. The predicted molar refractivity (Wildman–Crippen MR) is 144 cm³/mol. The zero-order chi connectivity index (χ0) is 29.1. The number of thiocarbonyl (C=S) groups is 1. The van der Waals surface area contributed by atoms with E-state index in [0.29, 0.717) is 25.5 Å². The molecule has 1 N–H and O–H groups in total. The standard InChI is InChI=1S/C28H23F4N5O2S/c1-36(20-12-22(28(30,31)32)24(14-33)34-16-20)26(40)37(27(17-38)10-5-11-27)19-8-9-21(23(29)13-19)25(39)35-15-18-6-3-2-4-7-18/h2-4,6-9,12-13,16-17H,5,10-11,15H2,1H3,(H,35,39). The molecule has 7 nitrogen and oxygen atoms in total. The lowest BCUT2D eigenvalue weighted by Gasteiger charge is -2.48. The highest BCUT2D eigenvalue weighted by atomic mass is 32.1. The second-order valence-electron chi connectivity index (χ2n) is 9.28. The summed E-state index contributed by atoms with van der Waals surface area (Å²) >= 11 is 5.62. The van der Waals surface area contributed by atoms with Gasteiger partial charge >= 0.3 is 6.18 Å². The van der Waals surface area contributed by atoms with Gasteiger partial charge in [-0.25, -0.2) is 9.37 Å². The molecule has 1 heterocycles. The molecule has 1 aliphatic carbocycles. The van der Waals surface area contributed by atoms with E-state index in [9.17, 15) is 22.8 Å². The first kappa shape index (κ1) is 28.6. The first-order valence-electron chi connectivity index (χ1n) is 12.1. The summed E-state index contributed by atoms with van der Waals surface area (Å²) in [5.74, 6) is -1.51. The Balaban J connectivity index is 1.65. The zero-order valence-electron chi connectivity index (χ0n) is 21.2. The Hall–Kier alpha value is -4.37. The molecule has 2 aromatic carbocycles. The van der Waals surface area contributed by atoms with Gasteiger partial charge in [-0.3, -0.25) is 4.79 Å². The van der Waals surface area contributed by atoms with Crippen molar-refractivity contribution in [1.82, 2.24) is 10.3 Å². The second kappa shape index (κ2) is 11.4. The van der Waals surface area contributed by atoms with Crippen LogP contribution < -0.4 is 15.1 Å². The molecule has 0 unspecified atom stereocenters. The van der Waals surface area contributed by atoms with Crippen LogP contribution >= 0.6 is 12.2 Å². The summed E-state index contributed by atoms with van der Waals surface area (Å²) in [7, 11) is 1.39. The number of pyridine rings is 1. The number of hydrogen-bond acceptors (Lipinski definition) is 5. The first-order valence-corrected chi connectivity index (χ1v) is 12.5. The highest BCUT2D eigenvalue weighted by Crippen LogP contribution is 2.41. The number of alkyl halides is 3. The van der Waals surface area contributed by atoms with Crippen molar-refractivity contribution >= 4 is 40.9 Å². The minimum atomic E-state index is -4.84. The lowest BCUT2D eigenvalue weighted by molar-refractivity contribution is -0.138. The molecule has 1 aromatic heterocycles. The second-order valence-corrected chi connectivity index (χ2v) is 9.65. The summed E-state index contributed by atoms with van der Waals surface area (Å²) < 4.78 is 55.9. The third-order valence-corrected chi connectivity index (χ3v) is 7.24. The van der Waals surface area contributed by atoms with Gasteiger partial charge in [0.2, 0.25) is 0 Å². The van der Waals surface area contributed by atoms with Gasteiger partial charge in [0.15, 0.2) is 10.8 Å². The number of carbonyl (C=O) groups excluding carboxylic acids is 2.